The van der Waals surface area contributed by atoms with E-state index in [1.165, 1.54) is 0 Å². The molecule has 0 aliphatic carbocycles. The lowest BCUT2D eigenvalue weighted by molar-refractivity contribution is -0.116. The maximum absolute atomic E-state index is 11.8. The van der Waals surface area contributed by atoms with Crippen molar-refractivity contribution in [3.63, 3.8) is 0 Å². The van der Waals surface area contributed by atoms with Gasteiger partial charge in [-0.1, -0.05) is 17.7 Å². The topological polar surface area (TPSA) is 47.6 Å². The molecule has 0 aliphatic heterocycles. The number of ether oxygens (including phenoxy) is 2. The Morgan fingerprint density at radius 1 is 1.09 bits per heavy atom. The number of carbonyl (C=O) groups is 1. The van der Waals surface area contributed by atoms with Gasteiger partial charge in [-0.15, -0.1) is 0 Å². The average molecular weight is 334 g/mol. The summed E-state index contributed by atoms with van der Waals surface area (Å²) in [5.74, 6) is 1.53. The molecule has 0 unspecified atom stereocenters. The minimum atomic E-state index is -0.0532. The smallest absolute Gasteiger partial charge is 0.224 e. The van der Waals surface area contributed by atoms with Gasteiger partial charge in [0.05, 0.1) is 13.2 Å². The molecule has 0 fully saturated rings. The van der Waals surface area contributed by atoms with E-state index >= 15 is 0 Å². The number of carbonyl (C=O) groups excluding carboxylic acids is 1. The van der Waals surface area contributed by atoms with E-state index in [1.54, 1.807) is 24.3 Å². The molecule has 1 amide bonds. The third-order valence-corrected chi connectivity index (χ3v) is 3.30. The van der Waals surface area contributed by atoms with Gasteiger partial charge >= 0.3 is 0 Å². The van der Waals surface area contributed by atoms with Crippen LogP contribution in [0.25, 0.3) is 0 Å². The number of halogens is 1. The molecule has 0 heterocycles. The SMILES string of the molecule is CCOc1ccc(OCCCC(=O)Nc2cccc(Cl)c2)cc1. The van der Waals surface area contributed by atoms with Crippen molar-refractivity contribution in [1.82, 2.24) is 0 Å². The zero-order valence-corrected chi connectivity index (χ0v) is 13.8. The summed E-state index contributed by atoms with van der Waals surface area (Å²) in [6, 6.07) is 14.5. The zero-order valence-electron chi connectivity index (χ0n) is 13.0. The van der Waals surface area contributed by atoms with E-state index in [1.807, 2.05) is 31.2 Å². The molecule has 0 aliphatic rings. The average Bonchev–Trinajstić information content (AvgIpc) is 2.53. The summed E-state index contributed by atoms with van der Waals surface area (Å²) in [6.07, 6.45) is 1.03. The third kappa shape index (κ3) is 6.20. The fourth-order valence-corrected chi connectivity index (χ4v) is 2.20. The van der Waals surface area contributed by atoms with Crippen LogP contribution in [0, 0.1) is 0 Å². The highest BCUT2D eigenvalue weighted by atomic mass is 35.5. The van der Waals surface area contributed by atoms with Crippen molar-refractivity contribution >= 4 is 23.2 Å². The molecule has 4 nitrogen and oxygen atoms in total. The highest BCUT2D eigenvalue weighted by Gasteiger charge is 2.03. The van der Waals surface area contributed by atoms with Crippen LogP contribution in [0.1, 0.15) is 19.8 Å². The normalized spacial score (nSPS) is 10.2. The molecular formula is C18H20ClNO3. The van der Waals surface area contributed by atoms with Gasteiger partial charge < -0.3 is 14.8 Å². The summed E-state index contributed by atoms with van der Waals surface area (Å²) in [5.41, 5.74) is 0.704. The predicted molar refractivity (Wildman–Crippen MR) is 92.4 cm³/mol. The standard InChI is InChI=1S/C18H20ClNO3/c1-2-22-16-8-10-17(11-9-16)23-12-4-7-18(21)20-15-6-3-5-14(19)13-15/h3,5-6,8-11,13H,2,4,7,12H2,1H3,(H,20,21). The van der Waals surface area contributed by atoms with Gasteiger partial charge in [-0.3, -0.25) is 4.79 Å². The van der Waals surface area contributed by atoms with E-state index < -0.39 is 0 Å². The number of rotatable bonds is 8. The zero-order chi connectivity index (χ0) is 16.5. The highest BCUT2D eigenvalue weighted by molar-refractivity contribution is 6.30. The summed E-state index contributed by atoms with van der Waals surface area (Å²) in [7, 11) is 0. The first-order valence-corrected chi connectivity index (χ1v) is 7.96. The summed E-state index contributed by atoms with van der Waals surface area (Å²) in [6.45, 7) is 3.07. The molecule has 0 spiro atoms. The Bertz CT molecular complexity index is 628. The Morgan fingerprint density at radius 2 is 1.78 bits per heavy atom. The molecule has 0 saturated carbocycles. The van der Waals surface area contributed by atoms with Gasteiger partial charge in [0.1, 0.15) is 11.5 Å². The van der Waals surface area contributed by atoms with E-state index in [0.29, 0.717) is 36.8 Å². The summed E-state index contributed by atoms with van der Waals surface area (Å²) in [5, 5.41) is 3.41. The van der Waals surface area contributed by atoms with E-state index in [9.17, 15) is 4.79 Å². The van der Waals surface area contributed by atoms with Gasteiger partial charge in [-0.25, -0.2) is 0 Å². The quantitative estimate of drug-likeness (QED) is 0.722. The van der Waals surface area contributed by atoms with Crippen LogP contribution in [0.5, 0.6) is 11.5 Å². The van der Waals surface area contributed by atoms with Crippen LogP contribution in [0.3, 0.4) is 0 Å². The maximum Gasteiger partial charge on any atom is 0.224 e. The minimum absolute atomic E-state index is 0.0532. The Kier molecular flexibility index (Phi) is 6.76. The summed E-state index contributed by atoms with van der Waals surface area (Å²) in [4.78, 5) is 11.8. The molecule has 0 aromatic heterocycles. The number of hydrogen-bond acceptors (Lipinski definition) is 3. The van der Waals surface area contributed by atoms with Crippen LogP contribution < -0.4 is 14.8 Å². The Hall–Kier alpha value is -2.20. The van der Waals surface area contributed by atoms with Crippen LogP contribution in [0.4, 0.5) is 5.69 Å². The Balaban J connectivity index is 1.67. The van der Waals surface area contributed by atoms with Crippen LogP contribution in [-0.2, 0) is 4.79 Å². The molecule has 0 saturated heterocycles. The predicted octanol–water partition coefficient (Wildman–Crippen LogP) is 4.54. The summed E-state index contributed by atoms with van der Waals surface area (Å²) < 4.78 is 11.0. The number of nitrogens with one attached hydrogen (secondary N) is 1. The fraction of sp³-hybridized carbons (Fsp3) is 0.278. The van der Waals surface area contributed by atoms with Crippen molar-refractivity contribution in [2.45, 2.75) is 19.8 Å². The molecule has 2 rings (SSSR count). The second kappa shape index (κ2) is 9.06. The number of amides is 1. The number of hydrogen-bond donors (Lipinski definition) is 1. The molecule has 5 heteroatoms. The lowest BCUT2D eigenvalue weighted by Crippen LogP contribution is -2.12. The summed E-state index contributed by atoms with van der Waals surface area (Å²) >= 11 is 5.87. The number of anilines is 1. The molecule has 1 N–H and O–H groups in total. The molecule has 2 aromatic carbocycles. The maximum atomic E-state index is 11.8. The van der Waals surface area contributed by atoms with Crippen LogP contribution in [0.15, 0.2) is 48.5 Å². The first-order chi connectivity index (χ1) is 11.2. The molecule has 0 atom stereocenters. The Morgan fingerprint density at radius 3 is 2.43 bits per heavy atom. The van der Waals surface area contributed by atoms with Crippen molar-refractivity contribution < 1.29 is 14.3 Å². The van der Waals surface area contributed by atoms with Crippen LogP contribution in [-0.4, -0.2) is 19.1 Å². The molecule has 122 valence electrons. The second-order valence-electron chi connectivity index (χ2n) is 4.91. The van der Waals surface area contributed by atoms with E-state index in [2.05, 4.69) is 5.32 Å². The molecular weight excluding hydrogens is 314 g/mol. The largest absolute Gasteiger partial charge is 0.494 e. The third-order valence-electron chi connectivity index (χ3n) is 3.06. The molecule has 23 heavy (non-hydrogen) atoms. The van der Waals surface area contributed by atoms with Crippen molar-refractivity contribution in [2.24, 2.45) is 0 Å². The molecule has 2 aromatic rings. The van der Waals surface area contributed by atoms with E-state index in [0.717, 1.165) is 11.5 Å². The van der Waals surface area contributed by atoms with Crippen molar-refractivity contribution in [2.75, 3.05) is 18.5 Å². The second-order valence-corrected chi connectivity index (χ2v) is 5.35. The van der Waals surface area contributed by atoms with E-state index in [4.69, 9.17) is 21.1 Å². The lowest BCUT2D eigenvalue weighted by atomic mass is 10.2. The lowest BCUT2D eigenvalue weighted by Gasteiger charge is -2.08. The van der Waals surface area contributed by atoms with E-state index in [-0.39, 0.29) is 5.91 Å². The monoisotopic (exact) mass is 333 g/mol. The van der Waals surface area contributed by atoms with Gasteiger partial charge in [0, 0.05) is 17.1 Å². The van der Waals surface area contributed by atoms with Crippen molar-refractivity contribution in [3.8, 4) is 11.5 Å². The van der Waals surface area contributed by atoms with Gasteiger partial charge in [0.2, 0.25) is 5.91 Å². The van der Waals surface area contributed by atoms with Crippen LogP contribution in [0.2, 0.25) is 5.02 Å². The Labute approximate surface area is 141 Å². The fourth-order valence-electron chi connectivity index (χ4n) is 2.01. The molecule has 0 radical (unpaired) electrons. The highest BCUT2D eigenvalue weighted by Crippen LogP contribution is 2.18. The first kappa shape index (κ1) is 17.2. The minimum Gasteiger partial charge on any atom is -0.494 e. The van der Waals surface area contributed by atoms with Gasteiger partial charge in [-0.2, -0.15) is 0 Å². The van der Waals surface area contributed by atoms with Gasteiger partial charge in [-0.05, 0) is 55.8 Å². The number of benzene rings is 2. The van der Waals surface area contributed by atoms with Gasteiger partial charge in [0.25, 0.3) is 0 Å². The molecule has 0 bridgehead atoms. The van der Waals surface area contributed by atoms with Crippen molar-refractivity contribution in [3.05, 3.63) is 53.6 Å². The van der Waals surface area contributed by atoms with Crippen LogP contribution >= 0.6 is 11.6 Å². The first-order valence-electron chi connectivity index (χ1n) is 7.58. The van der Waals surface area contributed by atoms with Gasteiger partial charge in [0.15, 0.2) is 0 Å². The van der Waals surface area contributed by atoms with Crippen molar-refractivity contribution in [1.29, 1.82) is 0 Å².